The van der Waals surface area contributed by atoms with Crippen LogP contribution in [0.3, 0.4) is 0 Å². The Kier molecular flexibility index (Phi) is 5.63. The molecule has 0 bridgehead atoms. The Hall–Kier alpha value is -2.24. The molecule has 6 heteroatoms. The Morgan fingerprint density at radius 3 is 2.59 bits per heavy atom. The number of nitrogens with one attached hydrogen (secondary N) is 1. The minimum absolute atomic E-state index is 0.0190. The van der Waals surface area contributed by atoms with E-state index in [1.165, 1.54) is 6.92 Å². The summed E-state index contributed by atoms with van der Waals surface area (Å²) < 4.78 is 0. The second-order valence-corrected chi connectivity index (χ2v) is 5.58. The maximum Gasteiger partial charge on any atom is 0.255 e. The van der Waals surface area contributed by atoms with Crippen molar-refractivity contribution >= 4 is 17.6 Å². The summed E-state index contributed by atoms with van der Waals surface area (Å²) in [6.07, 6.45) is 5.20. The second kappa shape index (κ2) is 7.68. The predicted octanol–water partition coefficient (Wildman–Crippen LogP) is 1.17. The van der Waals surface area contributed by atoms with Crippen LogP contribution in [0.4, 0.5) is 0 Å². The van der Waals surface area contributed by atoms with E-state index in [1.54, 1.807) is 29.4 Å². The zero-order chi connectivity index (χ0) is 15.9. The van der Waals surface area contributed by atoms with Gasteiger partial charge in [-0.15, -0.1) is 0 Å². The molecule has 6 nitrogen and oxygen atoms in total. The number of piperidine rings is 1. The van der Waals surface area contributed by atoms with Gasteiger partial charge in [0.15, 0.2) is 0 Å². The molecule has 0 aromatic carbocycles. The summed E-state index contributed by atoms with van der Waals surface area (Å²) in [5.41, 5.74) is 0.589. The molecule has 2 heterocycles. The normalized spacial score (nSPS) is 15.4. The van der Waals surface area contributed by atoms with Gasteiger partial charge in [-0.25, -0.2) is 0 Å². The minimum Gasteiger partial charge on any atom is -0.353 e. The second-order valence-electron chi connectivity index (χ2n) is 5.58. The summed E-state index contributed by atoms with van der Waals surface area (Å²) in [5, 5.41) is 2.93. The molecule has 1 aliphatic rings. The van der Waals surface area contributed by atoms with Crippen LogP contribution in [0.15, 0.2) is 24.5 Å². The highest BCUT2D eigenvalue weighted by atomic mass is 16.2. The fourth-order valence-electron chi connectivity index (χ4n) is 2.49. The molecular weight excluding hydrogens is 282 g/mol. The van der Waals surface area contributed by atoms with Crippen LogP contribution >= 0.6 is 0 Å². The van der Waals surface area contributed by atoms with Gasteiger partial charge in [0.1, 0.15) is 5.78 Å². The quantitative estimate of drug-likeness (QED) is 0.885. The SMILES string of the molecule is CC(=O)CCC(=O)NC1CCN(C(=O)c2cccnc2)CC1. The molecule has 0 spiro atoms. The van der Waals surface area contributed by atoms with Crippen molar-refractivity contribution in [1.29, 1.82) is 0 Å². The number of nitrogens with zero attached hydrogens (tertiary/aromatic N) is 2. The summed E-state index contributed by atoms with van der Waals surface area (Å²) in [6.45, 7) is 2.71. The number of hydrogen-bond donors (Lipinski definition) is 1. The van der Waals surface area contributed by atoms with Crippen molar-refractivity contribution in [2.75, 3.05) is 13.1 Å². The van der Waals surface area contributed by atoms with Gasteiger partial charge in [-0.2, -0.15) is 0 Å². The Bertz CT molecular complexity index is 537. The zero-order valence-corrected chi connectivity index (χ0v) is 12.7. The van der Waals surface area contributed by atoms with E-state index in [4.69, 9.17) is 0 Å². The number of aromatic nitrogens is 1. The van der Waals surface area contributed by atoms with E-state index in [1.807, 2.05) is 0 Å². The van der Waals surface area contributed by atoms with E-state index in [0.717, 1.165) is 12.8 Å². The maximum atomic E-state index is 12.3. The van der Waals surface area contributed by atoms with Gasteiger partial charge in [0.25, 0.3) is 5.91 Å². The first-order chi connectivity index (χ1) is 10.6. The molecule has 0 atom stereocenters. The molecule has 1 N–H and O–H groups in total. The molecule has 0 saturated carbocycles. The number of ketones is 1. The van der Waals surface area contributed by atoms with Crippen molar-refractivity contribution in [2.45, 2.75) is 38.6 Å². The van der Waals surface area contributed by atoms with Crippen molar-refractivity contribution in [3.8, 4) is 0 Å². The van der Waals surface area contributed by atoms with Crippen molar-refractivity contribution in [3.63, 3.8) is 0 Å². The number of Topliss-reactive ketones (excluding diaryl/α,β-unsaturated/α-hetero) is 1. The molecule has 118 valence electrons. The molecular formula is C16H21N3O3. The number of carbonyl (C=O) groups is 3. The van der Waals surface area contributed by atoms with Crippen LogP contribution in [0.25, 0.3) is 0 Å². The lowest BCUT2D eigenvalue weighted by Gasteiger charge is -2.32. The van der Waals surface area contributed by atoms with Crippen molar-refractivity contribution in [2.24, 2.45) is 0 Å². The first-order valence-electron chi connectivity index (χ1n) is 7.54. The number of rotatable bonds is 5. The molecule has 0 aliphatic carbocycles. The molecule has 1 aromatic rings. The summed E-state index contributed by atoms with van der Waals surface area (Å²) >= 11 is 0. The Morgan fingerprint density at radius 2 is 2.00 bits per heavy atom. The topological polar surface area (TPSA) is 79.4 Å². The van der Waals surface area contributed by atoms with Crippen LogP contribution in [-0.2, 0) is 9.59 Å². The number of carbonyl (C=O) groups excluding carboxylic acids is 3. The highest BCUT2D eigenvalue weighted by molar-refractivity contribution is 5.94. The van der Waals surface area contributed by atoms with Crippen LogP contribution in [0.5, 0.6) is 0 Å². The number of amides is 2. The Balaban J connectivity index is 1.77. The van der Waals surface area contributed by atoms with E-state index in [0.29, 0.717) is 18.7 Å². The van der Waals surface area contributed by atoms with E-state index in [2.05, 4.69) is 10.3 Å². The molecule has 22 heavy (non-hydrogen) atoms. The molecule has 1 fully saturated rings. The third-order valence-corrected chi connectivity index (χ3v) is 3.76. The van der Waals surface area contributed by atoms with Crippen molar-refractivity contribution in [1.82, 2.24) is 15.2 Å². The average Bonchev–Trinajstić information content (AvgIpc) is 2.54. The predicted molar refractivity (Wildman–Crippen MR) is 81.2 cm³/mol. The minimum atomic E-state index is -0.0905. The summed E-state index contributed by atoms with van der Waals surface area (Å²) in [4.78, 5) is 40.6. The van der Waals surface area contributed by atoms with Gasteiger partial charge in [0, 0.05) is 44.4 Å². The first-order valence-corrected chi connectivity index (χ1v) is 7.54. The van der Waals surface area contributed by atoms with Gasteiger partial charge in [-0.05, 0) is 31.9 Å². The molecule has 0 radical (unpaired) electrons. The molecule has 1 aromatic heterocycles. The van der Waals surface area contributed by atoms with E-state index >= 15 is 0 Å². The summed E-state index contributed by atoms with van der Waals surface area (Å²) in [6, 6.07) is 3.58. The van der Waals surface area contributed by atoms with Gasteiger partial charge in [-0.3, -0.25) is 14.6 Å². The first kappa shape index (κ1) is 16.1. The van der Waals surface area contributed by atoms with Crippen LogP contribution in [-0.4, -0.2) is 46.6 Å². The fourth-order valence-corrected chi connectivity index (χ4v) is 2.49. The maximum absolute atomic E-state index is 12.3. The largest absolute Gasteiger partial charge is 0.353 e. The summed E-state index contributed by atoms with van der Waals surface area (Å²) in [5.74, 6) is -0.0891. The monoisotopic (exact) mass is 303 g/mol. The Morgan fingerprint density at radius 1 is 1.27 bits per heavy atom. The van der Waals surface area contributed by atoms with Crippen molar-refractivity contribution in [3.05, 3.63) is 30.1 Å². The van der Waals surface area contributed by atoms with Gasteiger partial charge in [0.2, 0.25) is 5.91 Å². The van der Waals surface area contributed by atoms with E-state index in [9.17, 15) is 14.4 Å². The Labute approximate surface area is 129 Å². The number of hydrogen-bond acceptors (Lipinski definition) is 4. The highest BCUT2D eigenvalue weighted by Crippen LogP contribution is 2.13. The third kappa shape index (κ3) is 4.65. The summed E-state index contributed by atoms with van der Waals surface area (Å²) in [7, 11) is 0. The van der Waals surface area contributed by atoms with Gasteiger partial charge in [0.05, 0.1) is 5.56 Å². The molecule has 2 rings (SSSR count). The smallest absolute Gasteiger partial charge is 0.255 e. The van der Waals surface area contributed by atoms with Gasteiger partial charge in [-0.1, -0.05) is 0 Å². The number of pyridine rings is 1. The highest BCUT2D eigenvalue weighted by Gasteiger charge is 2.24. The molecule has 2 amide bonds. The van der Waals surface area contributed by atoms with E-state index < -0.39 is 0 Å². The molecule has 1 aliphatic heterocycles. The average molecular weight is 303 g/mol. The van der Waals surface area contributed by atoms with Crippen LogP contribution < -0.4 is 5.32 Å². The standard InChI is InChI=1S/C16H21N3O3/c1-12(20)4-5-15(21)18-14-6-9-19(10-7-14)16(22)13-3-2-8-17-11-13/h2-3,8,11,14H,4-7,9-10H2,1H3,(H,18,21). The van der Waals surface area contributed by atoms with E-state index in [-0.39, 0.29) is 36.5 Å². The number of likely N-dealkylation sites (tertiary alicyclic amines) is 1. The van der Waals surface area contributed by atoms with Crippen LogP contribution in [0, 0.1) is 0 Å². The molecule has 1 saturated heterocycles. The zero-order valence-electron chi connectivity index (χ0n) is 12.7. The molecule has 0 unspecified atom stereocenters. The van der Waals surface area contributed by atoms with Crippen LogP contribution in [0.2, 0.25) is 0 Å². The lowest BCUT2D eigenvalue weighted by atomic mass is 10.0. The lowest BCUT2D eigenvalue weighted by molar-refractivity contribution is -0.125. The van der Waals surface area contributed by atoms with Crippen molar-refractivity contribution < 1.29 is 14.4 Å². The fraction of sp³-hybridized carbons (Fsp3) is 0.500. The van der Waals surface area contributed by atoms with Crippen LogP contribution in [0.1, 0.15) is 43.0 Å². The van der Waals surface area contributed by atoms with Gasteiger partial charge < -0.3 is 15.0 Å². The lowest BCUT2D eigenvalue weighted by Crippen LogP contribution is -2.46. The van der Waals surface area contributed by atoms with Gasteiger partial charge >= 0.3 is 0 Å². The third-order valence-electron chi connectivity index (χ3n) is 3.76.